The number of rotatable bonds is 5. The second-order valence-electron chi connectivity index (χ2n) is 5.94. The molecule has 0 bridgehead atoms. The highest BCUT2D eigenvalue weighted by Crippen LogP contribution is 2.18. The lowest BCUT2D eigenvalue weighted by molar-refractivity contribution is -0.125. The minimum absolute atomic E-state index is 0.00124. The molecule has 1 aromatic heterocycles. The van der Waals surface area contributed by atoms with E-state index in [-0.39, 0.29) is 17.9 Å². The van der Waals surface area contributed by atoms with E-state index in [2.05, 4.69) is 21.3 Å². The van der Waals surface area contributed by atoms with E-state index in [0.29, 0.717) is 6.54 Å². The molecule has 1 saturated heterocycles. The van der Waals surface area contributed by atoms with Crippen molar-refractivity contribution in [3.8, 4) is 0 Å². The van der Waals surface area contributed by atoms with Crippen molar-refractivity contribution in [2.24, 2.45) is 11.7 Å². The molecule has 3 N–H and O–H groups in total. The molecule has 0 aliphatic carbocycles. The van der Waals surface area contributed by atoms with Crippen molar-refractivity contribution in [3.05, 3.63) is 23.9 Å². The van der Waals surface area contributed by atoms with Crippen molar-refractivity contribution in [3.63, 3.8) is 0 Å². The van der Waals surface area contributed by atoms with E-state index >= 15 is 0 Å². The summed E-state index contributed by atoms with van der Waals surface area (Å²) in [5, 5.41) is 2.94. The third kappa shape index (κ3) is 4.43. The average Bonchev–Trinajstić information content (AvgIpc) is 2.53. The summed E-state index contributed by atoms with van der Waals surface area (Å²) in [5.41, 5.74) is 6.83. The molecule has 0 spiro atoms. The minimum atomic E-state index is -0.173. The molecule has 2 unspecified atom stereocenters. The van der Waals surface area contributed by atoms with Crippen LogP contribution in [0.15, 0.2) is 18.3 Å². The number of hydrogen-bond acceptors (Lipinski definition) is 4. The number of pyridine rings is 1. The summed E-state index contributed by atoms with van der Waals surface area (Å²) in [6.45, 7) is 6.38. The van der Waals surface area contributed by atoms with Gasteiger partial charge in [-0.25, -0.2) is 4.98 Å². The molecule has 1 aromatic rings. The first-order valence-corrected chi connectivity index (χ1v) is 7.81. The summed E-state index contributed by atoms with van der Waals surface area (Å²) < 4.78 is 0. The average molecular weight is 290 g/mol. The predicted molar refractivity (Wildman–Crippen MR) is 85.0 cm³/mol. The molecule has 0 aromatic carbocycles. The van der Waals surface area contributed by atoms with E-state index < -0.39 is 0 Å². The molecule has 1 aliphatic heterocycles. The molecule has 21 heavy (non-hydrogen) atoms. The Morgan fingerprint density at radius 1 is 1.38 bits per heavy atom. The zero-order valence-corrected chi connectivity index (χ0v) is 13.0. The smallest absolute Gasteiger partial charge is 0.224 e. The Balaban J connectivity index is 1.93. The van der Waals surface area contributed by atoms with Gasteiger partial charge in [-0.1, -0.05) is 6.92 Å². The summed E-state index contributed by atoms with van der Waals surface area (Å²) in [6, 6.07) is 3.89. The molecule has 5 heteroatoms. The van der Waals surface area contributed by atoms with Gasteiger partial charge < -0.3 is 16.0 Å². The van der Waals surface area contributed by atoms with Gasteiger partial charge in [0.1, 0.15) is 5.82 Å². The number of piperidine rings is 1. The Labute approximate surface area is 126 Å². The summed E-state index contributed by atoms with van der Waals surface area (Å²) in [6.07, 6.45) is 5.59. The molecule has 0 saturated carbocycles. The van der Waals surface area contributed by atoms with Gasteiger partial charge in [0.15, 0.2) is 0 Å². The fourth-order valence-corrected chi connectivity index (χ4v) is 2.46. The van der Waals surface area contributed by atoms with Crippen LogP contribution in [0.5, 0.6) is 0 Å². The minimum Gasteiger partial charge on any atom is -0.357 e. The van der Waals surface area contributed by atoms with Crippen molar-refractivity contribution < 1.29 is 4.79 Å². The van der Waals surface area contributed by atoms with Crippen LogP contribution < -0.4 is 16.0 Å². The number of amides is 1. The Morgan fingerprint density at radius 2 is 2.10 bits per heavy atom. The zero-order chi connectivity index (χ0) is 15.2. The van der Waals surface area contributed by atoms with Gasteiger partial charge in [0.05, 0.1) is 0 Å². The Hall–Kier alpha value is -1.62. The predicted octanol–water partition coefficient (Wildman–Crippen LogP) is 1.67. The first-order valence-electron chi connectivity index (χ1n) is 7.81. The topological polar surface area (TPSA) is 71.2 Å². The van der Waals surface area contributed by atoms with E-state index in [9.17, 15) is 4.79 Å². The van der Waals surface area contributed by atoms with E-state index in [4.69, 9.17) is 5.73 Å². The highest BCUT2D eigenvalue weighted by atomic mass is 16.1. The molecule has 1 amide bonds. The zero-order valence-electron chi connectivity index (χ0n) is 13.0. The van der Waals surface area contributed by atoms with Crippen LogP contribution in [0.1, 0.15) is 38.7 Å². The molecule has 2 atom stereocenters. The number of carbonyl (C=O) groups excluding carboxylic acids is 1. The lowest BCUT2D eigenvalue weighted by atomic mass is 10.0. The van der Waals surface area contributed by atoms with Gasteiger partial charge in [-0.3, -0.25) is 4.79 Å². The van der Waals surface area contributed by atoms with E-state index in [1.807, 2.05) is 26.1 Å². The molecule has 1 aliphatic rings. The van der Waals surface area contributed by atoms with Crippen LogP contribution in [0, 0.1) is 5.92 Å². The van der Waals surface area contributed by atoms with Crippen molar-refractivity contribution in [1.29, 1.82) is 0 Å². The maximum atomic E-state index is 11.9. The maximum absolute atomic E-state index is 11.9. The number of carbonyl (C=O) groups is 1. The van der Waals surface area contributed by atoms with Crippen LogP contribution in [0.3, 0.4) is 0 Å². The van der Waals surface area contributed by atoms with Gasteiger partial charge >= 0.3 is 0 Å². The molecular formula is C16H26N4O. The SMILES string of the molecule is CC(N)C(C)C(=O)NCc1ccnc(N2CCCCC2)c1. The number of hydrogen-bond donors (Lipinski definition) is 2. The fraction of sp³-hybridized carbons (Fsp3) is 0.625. The van der Waals surface area contributed by atoms with Gasteiger partial charge in [-0.15, -0.1) is 0 Å². The van der Waals surface area contributed by atoms with Crippen molar-refractivity contribution >= 4 is 11.7 Å². The largest absolute Gasteiger partial charge is 0.357 e. The molecule has 0 radical (unpaired) electrons. The van der Waals surface area contributed by atoms with E-state index in [1.165, 1.54) is 19.3 Å². The summed E-state index contributed by atoms with van der Waals surface area (Å²) >= 11 is 0. The Bertz CT molecular complexity index is 469. The van der Waals surface area contributed by atoms with Crippen LogP contribution in [0.25, 0.3) is 0 Å². The third-order valence-corrected chi connectivity index (χ3v) is 4.16. The van der Waals surface area contributed by atoms with Crippen LogP contribution in [0.2, 0.25) is 0 Å². The highest BCUT2D eigenvalue weighted by Gasteiger charge is 2.17. The summed E-state index contributed by atoms with van der Waals surface area (Å²) in [5.74, 6) is 0.844. The lowest BCUT2D eigenvalue weighted by Gasteiger charge is -2.28. The fourth-order valence-electron chi connectivity index (χ4n) is 2.46. The second kappa shape index (κ2) is 7.41. The van der Waals surface area contributed by atoms with Crippen LogP contribution in [0.4, 0.5) is 5.82 Å². The number of nitrogens with two attached hydrogens (primary N) is 1. The number of nitrogens with zero attached hydrogens (tertiary/aromatic N) is 2. The van der Waals surface area contributed by atoms with Gasteiger partial charge in [-0.05, 0) is 43.9 Å². The van der Waals surface area contributed by atoms with Gasteiger partial charge in [0, 0.05) is 37.8 Å². The van der Waals surface area contributed by atoms with Gasteiger partial charge in [0.2, 0.25) is 5.91 Å². The van der Waals surface area contributed by atoms with Crippen molar-refractivity contribution in [2.45, 2.75) is 45.7 Å². The van der Waals surface area contributed by atoms with E-state index in [0.717, 1.165) is 24.5 Å². The van der Waals surface area contributed by atoms with E-state index in [1.54, 1.807) is 0 Å². The van der Waals surface area contributed by atoms with Crippen LogP contribution >= 0.6 is 0 Å². The van der Waals surface area contributed by atoms with Crippen molar-refractivity contribution in [1.82, 2.24) is 10.3 Å². The monoisotopic (exact) mass is 290 g/mol. The van der Waals surface area contributed by atoms with Crippen molar-refractivity contribution in [2.75, 3.05) is 18.0 Å². The third-order valence-electron chi connectivity index (χ3n) is 4.16. The quantitative estimate of drug-likeness (QED) is 0.865. The first-order chi connectivity index (χ1) is 10.1. The van der Waals surface area contributed by atoms with Crippen LogP contribution in [-0.4, -0.2) is 30.0 Å². The Morgan fingerprint density at radius 3 is 2.76 bits per heavy atom. The molecule has 5 nitrogen and oxygen atoms in total. The second-order valence-corrected chi connectivity index (χ2v) is 5.94. The Kier molecular flexibility index (Phi) is 5.56. The number of nitrogens with one attached hydrogen (secondary N) is 1. The molecule has 2 rings (SSSR count). The summed E-state index contributed by atoms with van der Waals surface area (Å²) in [4.78, 5) is 18.7. The molecule has 2 heterocycles. The number of aromatic nitrogens is 1. The number of anilines is 1. The lowest BCUT2D eigenvalue weighted by Crippen LogP contribution is -2.38. The highest BCUT2D eigenvalue weighted by molar-refractivity contribution is 5.78. The molecule has 116 valence electrons. The first kappa shape index (κ1) is 15.8. The van der Waals surface area contributed by atoms with Crippen LogP contribution in [-0.2, 0) is 11.3 Å². The molecular weight excluding hydrogens is 264 g/mol. The standard InChI is InChI=1S/C16H26N4O/c1-12(13(2)17)16(21)19-11-14-6-7-18-15(10-14)20-8-4-3-5-9-20/h6-7,10,12-13H,3-5,8-9,11,17H2,1-2H3,(H,19,21). The maximum Gasteiger partial charge on any atom is 0.224 e. The summed E-state index contributed by atoms with van der Waals surface area (Å²) in [7, 11) is 0. The van der Waals surface area contributed by atoms with Gasteiger partial charge in [-0.2, -0.15) is 0 Å². The molecule has 1 fully saturated rings. The normalized spacial score (nSPS) is 18.1. The van der Waals surface area contributed by atoms with Gasteiger partial charge in [0.25, 0.3) is 0 Å².